The lowest BCUT2D eigenvalue weighted by Gasteiger charge is -2.33. The molecule has 6 heteroatoms. The predicted molar refractivity (Wildman–Crippen MR) is 87.1 cm³/mol. The summed E-state index contributed by atoms with van der Waals surface area (Å²) in [6, 6.07) is 0. The second-order valence-electron chi connectivity index (χ2n) is 7.19. The van der Waals surface area contributed by atoms with Gasteiger partial charge in [-0.1, -0.05) is 36.3 Å². The topological polar surface area (TPSA) is 99.4 Å². The van der Waals surface area contributed by atoms with Gasteiger partial charge in [0.15, 0.2) is 0 Å². The Kier molecular flexibility index (Phi) is 5.42. The van der Waals surface area contributed by atoms with Crippen molar-refractivity contribution in [1.82, 2.24) is 0 Å². The SMILES string of the molecule is O=C(O)CO/N=C1/CC2C1CC(C#CC(O)C1CCCCC1)C2O. The van der Waals surface area contributed by atoms with Crippen molar-refractivity contribution in [3.05, 3.63) is 0 Å². The smallest absolute Gasteiger partial charge is 0.344 e. The number of carbonyl (C=O) groups is 1. The molecule has 3 fully saturated rings. The van der Waals surface area contributed by atoms with Crippen molar-refractivity contribution in [1.29, 1.82) is 0 Å². The van der Waals surface area contributed by atoms with Crippen molar-refractivity contribution < 1.29 is 25.0 Å². The Bertz CT molecular complexity index is 557. The summed E-state index contributed by atoms with van der Waals surface area (Å²) in [5, 5.41) is 33.0. The van der Waals surface area contributed by atoms with Gasteiger partial charge in [-0.3, -0.25) is 0 Å². The number of carboxylic acids is 1. The lowest BCUT2D eigenvalue weighted by Crippen LogP contribution is -2.38. The number of fused-ring (bicyclic) bond motifs is 1. The fraction of sp³-hybridized carbons (Fsp3) is 0.778. The first-order valence-corrected chi connectivity index (χ1v) is 8.84. The number of hydrogen-bond acceptors (Lipinski definition) is 5. The summed E-state index contributed by atoms with van der Waals surface area (Å²) in [6.07, 6.45) is 5.87. The van der Waals surface area contributed by atoms with E-state index < -0.39 is 24.8 Å². The van der Waals surface area contributed by atoms with Crippen LogP contribution in [0, 0.1) is 35.5 Å². The van der Waals surface area contributed by atoms with Crippen LogP contribution in [0.15, 0.2) is 5.16 Å². The van der Waals surface area contributed by atoms with E-state index in [0.29, 0.717) is 12.8 Å². The molecule has 0 aromatic heterocycles. The number of nitrogens with zero attached hydrogens (tertiary/aromatic N) is 1. The zero-order valence-corrected chi connectivity index (χ0v) is 13.7. The van der Waals surface area contributed by atoms with E-state index in [4.69, 9.17) is 9.94 Å². The predicted octanol–water partition coefficient (Wildman–Crippen LogP) is 1.41. The molecule has 0 aromatic carbocycles. The first-order valence-electron chi connectivity index (χ1n) is 8.84. The molecule has 0 heterocycles. The molecule has 0 saturated heterocycles. The Hall–Kier alpha value is -1.58. The number of oxime groups is 1. The maximum absolute atomic E-state index is 10.4. The molecule has 3 rings (SSSR count). The van der Waals surface area contributed by atoms with Crippen molar-refractivity contribution in [3.8, 4) is 11.8 Å². The standard InChI is InChI=1S/C18H25NO5/c20-16(11-4-2-1-3-5-11)7-6-12-8-13-14(18(12)23)9-15(13)19-24-10-17(21)22/h11-14,16,18,20,23H,1-5,8-10H2,(H,21,22)/b19-15-. The van der Waals surface area contributed by atoms with Gasteiger partial charge in [-0.15, -0.1) is 0 Å². The highest BCUT2D eigenvalue weighted by molar-refractivity contribution is 5.93. The number of aliphatic hydroxyl groups is 2. The highest BCUT2D eigenvalue weighted by Gasteiger charge is 2.51. The normalized spacial score (nSPS) is 35.5. The summed E-state index contributed by atoms with van der Waals surface area (Å²) in [6.45, 7) is -0.444. The van der Waals surface area contributed by atoms with Crippen LogP contribution in [0.4, 0.5) is 0 Å². The summed E-state index contributed by atoms with van der Waals surface area (Å²) in [4.78, 5) is 15.2. The maximum atomic E-state index is 10.4. The molecular formula is C18H25NO5. The molecule has 0 bridgehead atoms. The van der Waals surface area contributed by atoms with Gasteiger partial charge in [0.25, 0.3) is 0 Å². The molecule has 3 N–H and O–H groups in total. The molecule has 0 amide bonds. The molecule has 0 radical (unpaired) electrons. The minimum atomic E-state index is -1.05. The summed E-state index contributed by atoms with van der Waals surface area (Å²) >= 11 is 0. The number of aliphatic hydroxyl groups excluding tert-OH is 2. The first kappa shape index (κ1) is 17.2. The Labute approximate surface area is 141 Å². The molecule has 5 unspecified atom stereocenters. The van der Waals surface area contributed by atoms with Crippen LogP contribution in [0.1, 0.15) is 44.9 Å². The van der Waals surface area contributed by atoms with Crippen molar-refractivity contribution in [2.45, 2.75) is 57.2 Å². The van der Waals surface area contributed by atoms with Gasteiger partial charge < -0.3 is 20.2 Å². The monoisotopic (exact) mass is 335 g/mol. The molecule has 3 aliphatic rings. The van der Waals surface area contributed by atoms with Crippen LogP contribution in [0.3, 0.4) is 0 Å². The van der Waals surface area contributed by atoms with E-state index in [1.165, 1.54) is 6.42 Å². The Morgan fingerprint density at radius 2 is 2.08 bits per heavy atom. The van der Waals surface area contributed by atoms with Crippen LogP contribution < -0.4 is 0 Å². The number of rotatable bonds is 4. The van der Waals surface area contributed by atoms with Gasteiger partial charge in [0.05, 0.1) is 11.8 Å². The quantitative estimate of drug-likeness (QED) is 0.533. The molecule has 132 valence electrons. The molecule has 0 spiro atoms. The number of hydrogen-bond donors (Lipinski definition) is 3. The van der Waals surface area contributed by atoms with Crippen LogP contribution in [-0.4, -0.2) is 45.8 Å². The van der Waals surface area contributed by atoms with Gasteiger partial charge in [0.1, 0.15) is 6.10 Å². The zero-order chi connectivity index (χ0) is 17.1. The Balaban J connectivity index is 1.53. The lowest BCUT2D eigenvalue weighted by molar-refractivity contribution is -0.142. The molecule has 3 aliphatic carbocycles. The van der Waals surface area contributed by atoms with Gasteiger partial charge in [0.2, 0.25) is 6.61 Å². The minimum Gasteiger partial charge on any atom is -0.479 e. The zero-order valence-electron chi connectivity index (χ0n) is 13.7. The van der Waals surface area contributed by atoms with Crippen molar-refractivity contribution in [2.24, 2.45) is 28.8 Å². The third-order valence-corrected chi connectivity index (χ3v) is 5.63. The first-order chi connectivity index (χ1) is 11.6. The molecule has 24 heavy (non-hydrogen) atoms. The fourth-order valence-corrected chi connectivity index (χ4v) is 4.18. The Morgan fingerprint density at radius 1 is 1.33 bits per heavy atom. The maximum Gasteiger partial charge on any atom is 0.344 e. The highest BCUT2D eigenvalue weighted by atomic mass is 16.6. The van der Waals surface area contributed by atoms with Gasteiger partial charge in [0, 0.05) is 11.8 Å². The average molecular weight is 335 g/mol. The van der Waals surface area contributed by atoms with E-state index in [1.54, 1.807) is 0 Å². The van der Waals surface area contributed by atoms with Crippen LogP contribution in [0.25, 0.3) is 0 Å². The van der Waals surface area contributed by atoms with Crippen LogP contribution in [0.2, 0.25) is 0 Å². The Morgan fingerprint density at radius 3 is 2.79 bits per heavy atom. The third-order valence-electron chi connectivity index (χ3n) is 5.63. The summed E-state index contributed by atoms with van der Waals surface area (Å²) in [5.74, 6) is 5.37. The fourth-order valence-electron chi connectivity index (χ4n) is 4.18. The van der Waals surface area contributed by atoms with Gasteiger partial charge in [-0.05, 0) is 37.5 Å². The minimum absolute atomic E-state index is 0.125. The average Bonchev–Trinajstić information content (AvgIpc) is 2.81. The second-order valence-corrected chi connectivity index (χ2v) is 7.19. The molecule has 0 aromatic rings. The molecule has 5 atom stereocenters. The second kappa shape index (κ2) is 7.54. The van der Waals surface area contributed by atoms with E-state index in [-0.39, 0.29) is 23.7 Å². The van der Waals surface area contributed by atoms with Gasteiger partial charge in [-0.25, -0.2) is 4.79 Å². The van der Waals surface area contributed by atoms with Crippen LogP contribution in [0.5, 0.6) is 0 Å². The summed E-state index contributed by atoms with van der Waals surface area (Å²) in [5.41, 5.74) is 0.817. The van der Waals surface area contributed by atoms with Gasteiger partial charge in [-0.2, -0.15) is 0 Å². The van der Waals surface area contributed by atoms with E-state index in [1.807, 2.05) is 0 Å². The molecule has 6 nitrogen and oxygen atoms in total. The van der Waals surface area contributed by atoms with Crippen molar-refractivity contribution in [2.75, 3.05) is 6.61 Å². The van der Waals surface area contributed by atoms with Crippen molar-refractivity contribution >= 4 is 11.7 Å². The van der Waals surface area contributed by atoms with E-state index in [9.17, 15) is 15.0 Å². The molecule has 0 aliphatic heterocycles. The van der Waals surface area contributed by atoms with E-state index in [0.717, 1.165) is 31.4 Å². The van der Waals surface area contributed by atoms with Crippen LogP contribution >= 0.6 is 0 Å². The van der Waals surface area contributed by atoms with E-state index in [2.05, 4.69) is 17.0 Å². The number of carboxylic acid groups (broad SMARTS) is 1. The van der Waals surface area contributed by atoms with Gasteiger partial charge >= 0.3 is 5.97 Å². The summed E-state index contributed by atoms with van der Waals surface area (Å²) < 4.78 is 0. The van der Waals surface area contributed by atoms with Crippen LogP contribution in [-0.2, 0) is 9.63 Å². The highest BCUT2D eigenvalue weighted by Crippen LogP contribution is 2.48. The van der Waals surface area contributed by atoms with Crippen molar-refractivity contribution in [3.63, 3.8) is 0 Å². The summed E-state index contributed by atoms with van der Waals surface area (Å²) in [7, 11) is 0. The third kappa shape index (κ3) is 3.73. The van der Waals surface area contributed by atoms with E-state index >= 15 is 0 Å². The number of aliphatic carboxylic acids is 1. The largest absolute Gasteiger partial charge is 0.479 e. The molecule has 3 saturated carbocycles. The molecular weight excluding hydrogens is 310 g/mol. The lowest BCUT2D eigenvalue weighted by atomic mass is 9.73.